The molecule has 4 fully saturated rings. The van der Waals surface area contributed by atoms with Gasteiger partial charge in [-0.2, -0.15) is 0 Å². The van der Waals surface area contributed by atoms with Gasteiger partial charge in [-0.3, -0.25) is 0 Å². The molecule has 5 rings (SSSR count). The SMILES string of the molecule is Cc1oc(CC23CC4CC(CC(C4)C2)C3)nc1C(=O)O. The smallest absolute Gasteiger partial charge is 0.358 e. The van der Waals surface area contributed by atoms with Crippen molar-refractivity contribution in [3.8, 4) is 0 Å². The first-order valence-corrected chi connectivity index (χ1v) is 7.73. The van der Waals surface area contributed by atoms with Crippen molar-refractivity contribution in [3.05, 3.63) is 17.3 Å². The molecule has 0 spiro atoms. The lowest BCUT2D eigenvalue weighted by molar-refractivity contribution is -0.0551. The van der Waals surface area contributed by atoms with E-state index >= 15 is 0 Å². The first kappa shape index (κ1) is 12.4. The van der Waals surface area contributed by atoms with Gasteiger partial charge in [-0.25, -0.2) is 9.78 Å². The molecule has 4 heteroatoms. The van der Waals surface area contributed by atoms with Gasteiger partial charge in [0.15, 0.2) is 11.6 Å². The molecule has 1 aromatic heterocycles. The van der Waals surface area contributed by atoms with Crippen LogP contribution in [0.4, 0.5) is 0 Å². The van der Waals surface area contributed by atoms with Crippen molar-refractivity contribution in [1.29, 1.82) is 0 Å². The molecule has 4 aliphatic carbocycles. The van der Waals surface area contributed by atoms with Crippen LogP contribution in [0.2, 0.25) is 0 Å². The number of carboxylic acids is 1. The number of rotatable bonds is 3. The van der Waals surface area contributed by atoms with Crippen LogP contribution in [-0.2, 0) is 6.42 Å². The van der Waals surface area contributed by atoms with Crippen LogP contribution in [0.15, 0.2) is 4.42 Å². The lowest BCUT2D eigenvalue weighted by Crippen LogP contribution is -2.47. The standard InChI is InChI=1S/C16H21NO3/c1-9-14(15(18)19)17-13(20-9)8-16-5-10-2-11(6-16)4-12(3-10)7-16/h10-12H,2-8H2,1H3,(H,18,19). The summed E-state index contributed by atoms with van der Waals surface area (Å²) in [7, 11) is 0. The predicted molar refractivity (Wildman–Crippen MR) is 72.5 cm³/mol. The fraction of sp³-hybridized carbons (Fsp3) is 0.750. The zero-order chi connectivity index (χ0) is 13.9. The van der Waals surface area contributed by atoms with E-state index in [1.165, 1.54) is 38.5 Å². The molecule has 0 atom stereocenters. The Labute approximate surface area is 118 Å². The third kappa shape index (κ3) is 1.88. The number of nitrogens with zero attached hydrogens (tertiary/aromatic N) is 1. The highest BCUT2D eigenvalue weighted by Crippen LogP contribution is 2.60. The van der Waals surface area contributed by atoms with Crippen molar-refractivity contribution in [2.45, 2.75) is 51.9 Å². The molecule has 4 saturated carbocycles. The Bertz CT molecular complexity index is 525. The highest BCUT2D eigenvalue weighted by molar-refractivity contribution is 5.86. The molecule has 4 bridgehead atoms. The lowest BCUT2D eigenvalue weighted by atomic mass is 9.49. The van der Waals surface area contributed by atoms with Gasteiger partial charge in [0, 0.05) is 6.42 Å². The minimum atomic E-state index is -0.983. The highest BCUT2D eigenvalue weighted by atomic mass is 16.4. The van der Waals surface area contributed by atoms with Crippen LogP contribution in [0, 0.1) is 30.1 Å². The monoisotopic (exact) mass is 275 g/mol. The fourth-order valence-electron chi connectivity index (χ4n) is 5.55. The summed E-state index contributed by atoms with van der Waals surface area (Å²) in [6.45, 7) is 1.69. The first-order valence-electron chi connectivity index (χ1n) is 7.73. The third-order valence-electron chi connectivity index (χ3n) is 5.73. The van der Waals surface area contributed by atoms with Crippen LogP contribution in [0.1, 0.15) is 60.7 Å². The largest absolute Gasteiger partial charge is 0.476 e. The molecule has 0 aliphatic heterocycles. The van der Waals surface area contributed by atoms with Gasteiger partial charge in [-0.1, -0.05) is 0 Å². The Kier molecular flexibility index (Phi) is 2.54. The molecule has 0 aromatic carbocycles. The second-order valence-corrected chi connectivity index (χ2v) is 7.41. The van der Waals surface area contributed by atoms with Gasteiger partial charge in [0.05, 0.1) is 0 Å². The number of aryl methyl sites for hydroxylation is 1. The van der Waals surface area contributed by atoms with E-state index in [4.69, 9.17) is 9.52 Å². The minimum absolute atomic E-state index is 0.0877. The van der Waals surface area contributed by atoms with E-state index in [9.17, 15) is 4.79 Å². The van der Waals surface area contributed by atoms with Crippen LogP contribution in [-0.4, -0.2) is 16.1 Å². The summed E-state index contributed by atoms with van der Waals surface area (Å²) < 4.78 is 5.62. The molecule has 1 aromatic rings. The zero-order valence-corrected chi connectivity index (χ0v) is 11.9. The van der Waals surface area contributed by atoms with Crippen LogP contribution in [0.25, 0.3) is 0 Å². The second-order valence-electron chi connectivity index (χ2n) is 7.41. The Morgan fingerprint density at radius 3 is 2.25 bits per heavy atom. The summed E-state index contributed by atoms with van der Waals surface area (Å²) in [5.74, 6) is 2.80. The van der Waals surface area contributed by atoms with E-state index in [1.807, 2.05) is 0 Å². The first-order chi connectivity index (χ1) is 9.53. The minimum Gasteiger partial charge on any atom is -0.476 e. The molecule has 1 heterocycles. The summed E-state index contributed by atoms with van der Waals surface area (Å²) in [6, 6.07) is 0. The third-order valence-corrected chi connectivity index (χ3v) is 5.73. The van der Waals surface area contributed by atoms with Gasteiger partial charge in [0.25, 0.3) is 0 Å². The van der Waals surface area contributed by atoms with E-state index in [2.05, 4.69) is 4.98 Å². The molecule has 4 nitrogen and oxygen atoms in total. The number of hydrogen-bond acceptors (Lipinski definition) is 3. The molecule has 20 heavy (non-hydrogen) atoms. The van der Waals surface area contributed by atoms with Gasteiger partial charge in [-0.15, -0.1) is 0 Å². The summed E-state index contributed by atoms with van der Waals surface area (Å²) in [4.78, 5) is 15.3. The summed E-state index contributed by atoms with van der Waals surface area (Å²) in [6.07, 6.45) is 8.98. The van der Waals surface area contributed by atoms with Gasteiger partial charge >= 0.3 is 5.97 Å². The maximum absolute atomic E-state index is 11.1. The maximum Gasteiger partial charge on any atom is 0.358 e. The van der Waals surface area contributed by atoms with Crippen LogP contribution in [0.3, 0.4) is 0 Å². The van der Waals surface area contributed by atoms with Crippen molar-refractivity contribution in [2.75, 3.05) is 0 Å². The predicted octanol–water partition coefficient (Wildman–Crippen LogP) is 3.44. The van der Waals surface area contributed by atoms with E-state index < -0.39 is 5.97 Å². The molecular weight excluding hydrogens is 254 g/mol. The quantitative estimate of drug-likeness (QED) is 0.917. The van der Waals surface area contributed by atoms with E-state index in [-0.39, 0.29) is 5.69 Å². The normalized spacial score (nSPS) is 38.4. The number of aromatic nitrogens is 1. The fourth-order valence-corrected chi connectivity index (χ4v) is 5.55. The van der Waals surface area contributed by atoms with Crippen LogP contribution < -0.4 is 0 Å². The van der Waals surface area contributed by atoms with Crippen LogP contribution in [0.5, 0.6) is 0 Å². The molecule has 0 amide bonds. The molecular formula is C16H21NO3. The van der Waals surface area contributed by atoms with E-state index in [1.54, 1.807) is 6.92 Å². The van der Waals surface area contributed by atoms with Crippen molar-refractivity contribution < 1.29 is 14.3 Å². The average molecular weight is 275 g/mol. The maximum atomic E-state index is 11.1. The molecule has 0 unspecified atom stereocenters. The van der Waals surface area contributed by atoms with Gasteiger partial charge in [0.2, 0.25) is 0 Å². The molecule has 0 saturated heterocycles. The van der Waals surface area contributed by atoms with Crippen LogP contribution >= 0.6 is 0 Å². The summed E-state index contributed by atoms with van der Waals surface area (Å²) in [5, 5.41) is 9.09. The van der Waals surface area contributed by atoms with Crippen molar-refractivity contribution in [2.24, 2.45) is 23.2 Å². The second kappa shape index (κ2) is 4.09. The van der Waals surface area contributed by atoms with Crippen molar-refractivity contribution in [1.82, 2.24) is 4.98 Å². The van der Waals surface area contributed by atoms with Gasteiger partial charge < -0.3 is 9.52 Å². The Morgan fingerprint density at radius 2 is 1.80 bits per heavy atom. The Balaban J connectivity index is 1.59. The Hall–Kier alpha value is -1.32. The molecule has 1 N–H and O–H groups in total. The van der Waals surface area contributed by atoms with Crippen molar-refractivity contribution >= 4 is 5.97 Å². The number of aromatic carboxylic acids is 1. The average Bonchev–Trinajstić information content (AvgIpc) is 2.67. The number of hydrogen-bond donors (Lipinski definition) is 1. The molecule has 4 aliphatic rings. The van der Waals surface area contributed by atoms with Crippen molar-refractivity contribution in [3.63, 3.8) is 0 Å². The number of oxazole rings is 1. The topological polar surface area (TPSA) is 63.3 Å². The number of carboxylic acid groups (broad SMARTS) is 1. The van der Waals surface area contributed by atoms with Gasteiger partial charge in [0.1, 0.15) is 5.76 Å². The zero-order valence-electron chi connectivity index (χ0n) is 11.9. The number of carbonyl (C=O) groups is 1. The summed E-state index contributed by atoms with van der Waals surface area (Å²) >= 11 is 0. The lowest BCUT2D eigenvalue weighted by Gasteiger charge is -2.56. The Morgan fingerprint density at radius 1 is 1.25 bits per heavy atom. The molecule has 108 valence electrons. The van der Waals surface area contributed by atoms with E-state index in [0.29, 0.717) is 17.1 Å². The summed E-state index contributed by atoms with van der Waals surface area (Å²) in [5.41, 5.74) is 0.437. The molecule has 0 radical (unpaired) electrons. The highest BCUT2D eigenvalue weighted by Gasteiger charge is 2.51. The van der Waals surface area contributed by atoms with E-state index in [0.717, 1.165) is 24.2 Å². The van der Waals surface area contributed by atoms with Gasteiger partial charge in [-0.05, 0) is 68.6 Å².